The lowest BCUT2D eigenvalue weighted by atomic mass is 9.96. The Balaban J connectivity index is 1.45. The van der Waals surface area contributed by atoms with Crippen LogP contribution in [-0.2, 0) is 4.74 Å². The van der Waals surface area contributed by atoms with Gasteiger partial charge in [0.1, 0.15) is 6.10 Å². The standard InChI is InChI=1S/C24H24BrN3O2/c1-15-6-4-5-7-22(15)28-17(3)23(16(2)27-28)18-8-13-21(14-18)30-24(29)26-20-11-9-19(25)10-12-20/h4-13,18,21H,14H2,1-3H3,(H,26,29)/t18-,21+/m0/s1. The van der Waals surface area contributed by atoms with Crippen LogP contribution in [0.4, 0.5) is 10.5 Å². The quantitative estimate of drug-likeness (QED) is 0.465. The summed E-state index contributed by atoms with van der Waals surface area (Å²) >= 11 is 3.38. The summed E-state index contributed by atoms with van der Waals surface area (Å²) in [5.74, 6) is 0.174. The molecule has 0 bridgehead atoms. The van der Waals surface area contributed by atoms with Gasteiger partial charge in [-0.1, -0.05) is 40.2 Å². The Bertz CT molecular complexity index is 1100. The van der Waals surface area contributed by atoms with Crippen molar-refractivity contribution < 1.29 is 9.53 Å². The fourth-order valence-corrected chi connectivity index (χ4v) is 4.28. The molecule has 4 rings (SSSR count). The first-order valence-corrected chi connectivity index (χ1v) is 10.8. The minimum absolute atomic E-state index is 0.174. The maximum Gasteiger partial charge on any atom is 0.412 e. The minimum atomic E-state index is -0.448. The van der Waals surface area contributed by atoms with Crippen LogP contribution in [0.5, 0.6) is 0 Å². The van der Waals surface area contributed by atoms with Gasteiger partial charge in [-0.2, -0.15) is 5.10 Å². The second kappa shape index (κ2) is 8.48. The first-order chi connectivity index (χ1) is 14.4. The normalized spacial score (nSPS) is 17.9. The number of benzene rings is 2. The van der Waals surface area contributed by atoms with Crippen molar-refractivity contribution in [2.24, 2.45) is 0 Å². The van der Waals surface area contributed by atoms with Gasteiger partial charge in [0.05, 0.1) is 11.4 Å². The minimum Gasteiger partial charge on any atom is -0.442 e. The smallest absolute Gasteiger partial charge is 0.412 e. The fraction of sp³-hybridized carbons (Fsp3) is 0.250. The number of amides is 1. The van der Waals surface area contributed by atoms with E-state index in [4.69, 9.17) is 9.84 Å². The molecule has 0 radical (unpaired) electrons. The van der Waals surface area contributed by atoms with Gasteiger partial charge in [-0.05, 0) is 69.2 Å². The molecule has 0 saturated heterocycles. The Morgan fingerprint density at radius 2 is 1.83 bits per heavy atom. The molecule has 2 aromatic carbocycles. The average molecular weight is 466 g/mol. The van der Waals surface area contributed by atoms with E-state index in [0.717, 1.165) is 28.0 Å². The highest BCUT2D eigenvalue weighted by molar-refractivity contribution is 9.10. The summed E-state index contributed by atoms with van der Waals surface area (Å²) in [5.41, 5.74) is 6.30. The maximum absolute atomic E-state index is 12.3. The summed E-state index contributed by atoms with van der Waals surface area (Å²) in [7, 11) is 0. The lowest BCUT2D eigenvalue weighted by molar-refractivity contribution is 0.132. The molecule has 154 valence electrons. The van der Waals surface area contributed by atoms with Crippen molar-refractivity contribution in [3.63, 3.8) is 0 Å². The fourth-order valence-electron chi connectivity index (χ4n) is 4.01. The maximum atomic E-state index is 12.3. The molecule has 2 atom stereocenters. The lowest BCUT2D eigenvalue weighted by Crippen LogP contribution is -2.20. The number of rotatable bonds is 4. The summed E-state index contributed by atoms with van der Waals surface area (Å²) in [4.78, 5) is 12.3. The molecule has 0 aliphatic heterocycles. The average Bonchev–Trinajstić information content (AvgIpc) is 3.27. The number of nitrogens with one attached hydrogen (secondary N) is 1. The van der Waals surface area contributed by atoms with Gasteiger partial charge < -0.3 is 4.74 Å². The van der Waals surface area contributed by atoms with Gasteiger partial charge in [0.25, 0.3) is 0 Å². The van der Waals surface area contributed by atoms with Crippen LogP contribution in [0.25, 0.3) is 5.69 Å². The van der Waals surface area contributed by atoms with Crippen LogP contribution in [0.15, 0.2) is 65.2 Å². The number of ether oxygens (including phenoxy) is 1. The van der Waals surface area contributed by atoms with Gasteiger partial charge in [-0.3, -0.25) is 5.32 Å². The topological polar surface area (TPSA) is 56.2 Å². The number of nitrogens with zero attached hydrogens (tertiary/aromatic N) is 2. The molecule has 1 aromatic heterocycles. The molecular formula is C24H24BrN3O2. The van der Waals surface area contributed by atoms with E-state index in [9.17, 15) is 4.79 Å². The van der Waals surface area contributed by atoms with Crippen LogP contribution in [0.2, 0.25) is 0 Å². The van der Waals surface area contributed by atoms with E-state index in [0.29, 0.717) is 5.69 Å². The van der Waals surface area contributed by atoms with E-state index in [-0.39, 0.29) is 12.0 Å². The predicted molar refractivity (Wildman–Crippen MR) is 122 cm³/mol. The molecular weight excluding hydrogens is 442 g/mol. The SMILES string of the molecule is Cc1ccccc1-n1nc(C)c([C@H]2C=C[C@@H](OC(=O)Nc3ccc(Br)cc3)C2)c1C. The molecule has 1 aliphatic carbocycles. The van der Waals surface area contributed by atoms with E-state index < -0.39 is 6.09 Å². The Morgan fingerprint density at radius 1 is 1.10 bits per heavy atom. The zero-order valence-corrected chi connectivity index (χ0v) is 18.8. The number of hydrogen-bond donors (Lipinski definition) is 1. The Hall–Kier alpha value is -2.86. The molecule has 0 spiro atoms. The molecule has 3 aromatic rings. The third-order valence-corrected chi connectivity index (χ3v) is 5.98. The van der Waals surface area contributed by atoms with Crippen LogP contribution < -0.4 is 5.32 Å². The monoisotopic (exact) mass is 465 g/mol. The van der Waals surface area contributed by atoms with Gasteiger partial charge in [0, 0.05) is 27.3 Å². The number of carbonyl (C=O) groups is 1. The Labute approximate surface area is 184 Å². The lowest BCUT2D eigenvalue weighted by Gasteiger charge is -2.15. The molecule has 0 saturated carbocycles. The second-order valence-corrected chi connectivity index (χ2v) is 8.50. The largest absolute Gasteiger partial charge is 0.442 e. The van der Waals surface area contributed by atoms with Crippen LogP contribution in [0.1, 0.15) is 34.9 Å². The number of carbonyl (C=O) groups excluding carboxylic acids is 1. The van der Waals surface area contributed by atoms with Crippen molar-refractivity contribution in [1.29, 1.82) is 0 Å². The molecule has 1 aliphatic rings. The van der Waals surface area contributed by atoms with Crippen molar-refractivity contribution in [3.8, 4) is 5.69 Å². The highest BCUT2D eigenvalue weighted by Crippen LogP contribution is 2.35. The summed E-state index contributed by atoms with van der Waals surface area (Å²) in [6.45, 7) is 6.23. The van der Waals surface area contributed by atoms with E-state index in [1.165, 1.54) is 11.1 Å². The number of para-hydroxylation sites is 1. The Kier molecular flexibility index (Phi) is 5.77. The molecule has 1 heterocycles. The third kappa shape index (κ3) is 4.19. The molecule has 1 amide bonds. The molecule has 30 heavy (non-hydrogen) atoms. The number of allylic oxidation sites excluding steroid dienone is 1. The van der Waals surface area contributed by atoms with E-state index in [1.807, 2.05) is 54.1 Å². The highest BCUT2D eigenvalue weighted by Gasteiger charge is 2.28. The van der Waals surface area contributed by atoms with Crippen molar-refractivity contribution in [2.75, 3.05) is 5.32 Å². The molecule has 1 N–H and O–H groups in total. The number of hydrogen-bond acceptors (Lipinski definition) is 3. The second-order valence-electron chi connectivity index (χ2n) is 7.59. The molecule has 6 heteroatoms. The summed E-state index contributed by atoms with van der Waals surface area (Å²) in [6, 6.07) is 15.6. The number of anilines is 1. The van der Waals surface area contributed by atoms with Crippen LogP contribution in [0.3, 0.4) is 0 Å². The molecule has 5 nitrogen and oxygen atoms in total. The van der Waals surface area contributed by atoms with Gasteiger partial charge in [0.2, 0.25) is 0 Å². The third-order valence-electron chi connectivity index (χ3n) is 5.46. The predicted octanol–water partition coefficient (Wildman–Crippen LogP) is 6.22. The van der Waals surface area contributed by atoms with Gasteiger partial charge in [0.15, 0.2) is 0 Å². The summed E-state index contributed by atoms with van der Waals surface area (Å²) in [5, 5.41) is 7.57. The Morgan fingerprint density at radius 3 is 2.57 bits per heavy atom. The molecule has 0 unspecified atom stereocenters. The zero-order valence-electron chi connectivity index (χ0n) is 17.2. The first-order valence-electron chi connectivity index (χ1n) is 9.96. The van der Waals surface area contributed by atoms with Crippen LogP contribution >= 0.6 is 15.9 Å². The van der Waals surface area contributed by atoms with Gasteiger partial charge in [-0.15, -0.1) is 0 Å². The van der Waals surface area contributed by atoms with Crippen molar-refractivity contribution in [3.05, 3.63) is 87.7 Å². The number of aromatic nitrogens is 2. The molecule has 0 fully saturated rings. The van der Waals surface area contributed by atoms with E-state index in [1.54, 1.807) is 0 Å². The van der Waals surface area contributed by atoms with Crippen molar-refractivity contribution >= 4 is 27.7 Å². The van der Waals surface area contributed by atoms with E-state index in [2.05, 4.69) is 53.3 Å². The van der Waals surface area contributed by atoms with Gasteiger partial charge in [-0.25, -0.2) is 9.48 Å². The number of halogens is 1. The van der Waals surface area contributed by atoms with Crippen LogP contribution in [0, 0.1) is 20.8 Å². The summed E-state index contributed by atoms with van der Waals surface area (Å²) in [6.07, 6.45) is 4.10. The number of aryl methyl sites for hydroxylation is 2. The highest BCUT2D eigenvalue weighted by atomic mass is 79.9. The van der Waals surface area contributed by atoms with Gasteiger partial charge >= 0.3 is 6.09 Å². The van der Waals surface area contributed by atoms with Crippen LogP contribution in [-0.4, -0.2) is 22.0 Å². The van der Waals surface area contributed by atoms with Crippen molar-refractivity contribution in [2.45, 2.75) is 39.2 Å². The van der Waals surface area contributed by atoms with Crippen molar-refractivity contribution in [1.82, 2.24) is 9.78 Å². The summed E-state index contributed by atoms with van der Waals surface area (Å²) < 4.78 is 8.59. The van der Waals surface area contributed by atoms with E-state index >= 15 is 0 Å². The zero-order chi connectivity index (χ0) is 21.3. The first kappa shape index (κ1) is 20.4.